The third kappa shape index (κ3) is 4.87. The largest absolute Gasteiger partial charge is 0.310 e. The van der Waals surface area contributed by atoms with Gasteiger partial charge in [0.2, 0.25) is 0 Å². The van der Waals surface area contributed by atoms with Crippen molar-refractivity contribution in [3.05, 3.63) is 34.3 Å². The Morgan fingerprint density at radius 2 is 1.90 bits per heavy atom. The maximum Gasteiger partial charge on any atom is 0.0332 e. The van der Waals surface area contributed by atoms with Crippen LogP contribution >= 0.6 is 15.9 Å². The summed E-state index contributed by atoms with van der Waals surface area (Å²) in [5.41, 5.74) is 1.40. The van der Waals surface area contributed by atoms with Crippen LogP contribution in [0.5, 0.6) is 0 Å². The Bertz CT molecular complexity index is 382. The van der Waals surface area contributed by atoms with E-state index in [4.69, 9.17) is 0 Å². The van der Waals surface area contributed by atoms with Gasteiger partial charge in [0.05, 0.1) is 0 Å². The van der Waals surface area contributed by atoms with E-state index in [-0.39, 0.29) is 0 Å². The van der Waals surface area contributed by atoms with Crippen LogP contribution in [0, 0.1) is 5.92 Å². The summed E-state index contributed by atoms with van der Waals surface area (Å²) in [6.45, 7) is 9.36. The molecule has 0 bridgehead atoms. The first-order valence-corrected chi connectivity index (χ1v) is 8.69. The Hall–Kier alpha value is -0.380. The van der Waals surface area contributed by atoms with E-state index in [0.29, 0.717) is 6.04 Å². The van der Waals surface area contributed by atoms with Gasteiger partial charge in [-0.05, 0) is 69.1 Å². The van der Waals surface area contributed by atoms with Crippen LogP contribution in [-0.2, 0) is 0 Å². The molecule has 112 valence electrons. The van der Waals surface area contributed by atoms with Crippen molar-refractivity contribution in [2.75, 3.05) is 26.2 Å². The number of hydrogen-bond acceptors (Lipinski definition) is 2. The molecule has 2 nitrogen and oxygen atoms in total. The number of nitrogens with zero attached hydrogens (tertiary/aromatic N) is 1. The molecule has 0 aromatic heterocycles. The van der Waals surface area contributed by atoms with Crippen molar-refractivity contribution >= 4 is 15.9 Å². The van der Waals surface area contributed by atoms with Crippen LogP contribution in [0.1, 0.15) is 44.7 Å². The highest BCUT2D eigenvalue weighted by molar-refractivity contribution is 9.10. The first-order valence-electron chi connectivity index (χ1n) is 7.90. The van der Waals surface area contributed by atoms with Crippen molar-refractivity contribution in [3.63, 3.8) is 0 Å². The molecule has 1 fully saturated rings. The number of nitrogens with one attached hydrogen (secondary N) is 1. The van der Waals surface area contributed by atoms with Gasteiger partial charge in [0.15, 0.2) is 0 Å². The molecule has 1 aromatic carbocycles. The van der Waals surface area contributed by atoms with Gasteiger partial charge in [-0.2, -0.15) is 0 Å². The normalized spacial score (nSPS) is 19.1. The fourth-order valence-corrected chi connectivity index (χ4v) is 3.19. The summed E-state index contributed by atoms with van der Waals surface area (Å²) in [5.74, 6) is 0.919. The van der Waals surface area contributed by atoms with E-state index in [1.807, 2.05) is 0 Å². The van der Waals surface area contributed by atoms with Gasteiger partial charge in [-0.3, -0.25) is 0 Å². The van der Waals surface area contributed by atoms with Gasteiger partial charge in [-0.15, -0.1) is 0 Å². The van der Waals surface area contributed by atoms with Crippen molar-refractivity contribution in [1.29, 1.82) is 0 Å². The molecule has 1 unspecified atom stereocenters. The molecule has 1 saturated heterocycles. The van der Waals surface area contributed by atoms with E-state index in [0.717, 1.165) is 16.9 Å². The quantitative estimate of drug-likeness (QED) is 0.835. The van der Waals surface area contributed by atoms with Crippen molar-refractivity contribution in [2.24, 2.45) is 5.92 Å². The lowest BCUT2D eigenvalue weighted by molar-refractivity contribution is 0.184. The number of piperidine rings is 1. The summed E-state index contributed by atoms with van der Waals surface area (Å²) >= 11 is 3.51. The molecule has 1 aliphatic heterocycles. The zero-order chi connectivity index (χ0) is 14.4. The van der Waals surface area contributed by atoms with E-state index < -0.39 is 0 Å². The number of benzene rings is 1. The molecule has 1 heterocycles. The zero-order valence-electron chi connectivity index (χ0n) is 12.7. The molecule has 20 heavy (non-hydrogen) atoms. The van der Waals surface area contributed by atoms with Gasteiger partial charge in [-0.1, -0.05) is 41.9 Å². The maximum absolute atomic E-state index is 3.62. The summed E-state index contributed by atoms with van der Waals surface area (Å²) in [4.78, 5) is 2.63. The second-order valence-corrected chi connectivity index (χ2v) is 6.89. The van der Waals surface area contributed by atoms with Gasteiger partial charge in [0.1, 0.15) is 0 Å². The van der Waals surface area contributed by atoms with Gasteiger partial charge in [0, 0.05) is 10.5 Å². The van der Waals surface area contributed by atoms with E-state index in [1.54, 1.807) is 0 Å². The van der Waals surface area contributed by atoms with Crippen LogP contribution in [0.4, 0.5) is 0 Å². The molecule has 0 amide bonds. The summed E-state index contributed by atoms with van der Waals surface area (Å²) in [7, 11) is 0. The van der Waals surface area contributed by atoms with Crippen LogP contribution in [0.15, 0.2) is 28.7 Å². The predicted octanol–water partition coefficient (Wildman–Crippen LogP) is 4.22. The summed E-state index contributed by atoms with van der Waals surface area (Å²) < 4.78 is 1.15. The maximum atomic E-state index is 3.62. The number of halogens is 1. The van der Waals surface area contributed by atoms with Crippen molar-refractivity contribution < 1.29 is 0 Å². The number of rotatable bonds is 6. The van der Waals surface area contributed by atoms with Crippen LogP contribution in [0.2, 0.25) is 0 Å². The standard InChI is InChI=1S/C17H27BrN2/c1-3-19-17(15-4-6-16(18)7-5-15)10-13-20-11-8-14(2)9-12-20/h4-7,14,17,19H,3,8-13H2,1-2H3. The van der Waals surface area contributed by atoms with E-state index >= 15 is 0 Å². The van der Waals surface area contributed by atoms with Gasteiger partial charge in [0.25, 0.3) is 0 Å². The third-order valence-electron chi connectivity index (χ3n) is 4.33. The van der Waals surface area contributed by atoms with Crippen molar-refractivity contribution in [3.8, 4) is 0 Å². The lowest BCUT2D eigenvalue weighted by atomic mass is 9.98. The average Bonchev–Trinajstić information content (AvgIpc) is 2.46. The lowest BCUT2D eigenvalue weighted by Crippen LogP contribution is -2.35. The Labute approximate surface area is 132 Å². The molecule has 3 heteroatoms. The molecule has 1 aliphatic rings. The third-order valence-corrected chi connectivity index (χ3v) is 4.86. The SMILES string of the molecule is CCNC(CCN1CCC(C)CC1)c1ccc(Br)cc1. The average molecular weight is 339 g/mol. The second-order valence-electron chi connectivity index (χ2n) is 5.97. The van der Waals surface area contributed by atoms with Gasteiger partial charge < -0.3 is 10.2 Å². The Kier molecular flexibility index (Phi) is 6.53. The predicted molar refractivity (Wildman–Crippen MR) is 90.0 cm³/mol. The van der Waals surface area contributed by atoms with Crippen molar-refractivity contribution in [2.45, 2.75) is 39.2 Å². The number of hydrogen-bond donors (Lipinski definition) is 1. The molecule has 0 spiro atoms. The van der Waals surface area contributed by atoms with E-state index in [1.165, 1.54) is 44.5 Å². The Balaban J connectivity index is 1.87. The van der Waals surface area contributed by atoms with E-state index in [2.05, 4.69) is 64.3 Å². The first kappa shape index (κ1) is 16.0. The molecule has 1 aromatic rings. The van der Waals surface area contributed by atoms with Crippen LogP contribution in [0.3, 0.4) is 0 Å². The minimum atomic E-state index is 0.479. The van der Waals surface area contributed by atoms with Gasteiger partial charge in [-0.25, -0.2) is 0 Å². The fraction of sp³-hybridized carbons (Fsp3) is 0.647. The van der Waals surface area contributed by atoms with Gasteiger partial charge >= 0.3 is 0 Å². The molecular formula is C17H27BrN2. The fourth-order valence-electron chi connectivity index (χ4n) is 2.93. The number of likely N-dealkylation sites (tertiary alicyclic amines) is 1. The summed E-state index contributed by atoms with van der Waals surface area (Å²) in [6, 6.07) is 9.23. The molecule has 2 rings (SSSR count). The molecule has 0 radical (unpaired) electrons. The molecule has 1 atom stereocenters. The van der Waals surface area contributed by atoms with Crippen LogP contribution < -0.4 is 5.32 Å². The highest BCUT2D eigenvalue weighted by Gasteiger charge is 2.17. The summed E-state index contributed by atoms with van der Waals surface area (Å²) in [5, 5.41) is 3.62. The van der Waals surface area contributed by atoms with Crippen LogP contribution in [-0.4, -0.2) is 31.1 Å². The van der Waals surface area contributed by atoms with Crippen LogP contribution in [0.25, 0.3) is 0 Å². The minimum absolute atomic E-state index is 0.479. The van der Waals surface area contributed by atoms with Crippen molar-refractivity contribution in [1.82, 2.24) is 10.2 Å². The Morgan fingerprint density at radius 1 is 1.25 bits per heavy atom. The zero-order valence-corrected chi connectivity index (χ0v) is 14.3. The highest BCUT2D eigenvalue weighted by Crippen LogP contribution is 2.22. The first-order chi connectivity index (χ1) is 9.69. The monoisotopic (exact) mass is 338 g/mol. The highest BCUT2D eigenvalue weighted by atomic mass is 79.9. The Morgan fingerprint density at radius 3 is 2.50 bits per heavy atom. The smallest absolute Gasteiger partial charge is 0.0332 e. The summed E-state index contributed by atoms with van der Waals surface area (Å²) in [6.07, 6.45) is 3.93. The molecule has 1 N–H and O–H groups in total. The molecule has 0 saturated carbocycles. The van der Waals surface area contributed by atoms with E-state index in [9.17, 15) is 0 Å². The lowest BCUT2D eigenvalue weighted by Gasteiger charge is -2.31. The minimum Gasteiger partial charge on any atom is -0.310 e. The molecular weight excluding hydrogens is 312 g/mol. The second kappa shape index (κ2) is 8.16. The topological polar surface area (TPSA) is 15.3 Å². The molecule has 0 aliphatic carbocycles.